The van der Waals surface area contributed by atoms with Crippen molar-refractivity contribution >= 4 is 29.2 Å². The molecular weight excluding hydrogens is 290 g/mol. The highest BCUT2D eigenvalue weighted by atomic mass is 32.1. The molecule has 2 aromatic rings. The fourth-order valence-corrected chi connectivity index (χ4v) is 4.28. The van der Waals surface area contributed by atoms with Gasteiger partial charge in [0.15, 0.2) is 0 Å². The maximum Gasteiger partial charge on any atom is 0.136 e. The van der Waals surface area contributed by atoms with Gasteiger partial charge in [-0.2, -0.15) is 0 Å². The third-order valence-electron chi connectivity index (χ3n) is 5.68. The average molecular weight is 311 g/mol. The smallest absolute Gasteiger partial charge is 0.136 e. The van der Waals surface area contributed by atoms with Crippen LogP contribution in [0.2, 0.25) is 0 Å². The van der Waals surface area contributed by atoms with Crippen LogP contribution in [-0.4, -0.2) is 10.8 Å². The van der Waals surface area contributed by atoms with Crippen LogP contribution in [0.15, 0.2) is 23.2 Å². The normalized spacial score (nSPS) is 23.8. The highest BCUT2D eigenvalue weighted by Crippen LogP contribution is 2.46. The first-order valence-electron chi connectivity index (χ1n) is 8.18. The predicted molar refractivity (Wildman–Crippen MR) is 91.8 cm³/mol. The van der Waals surface area contributed by atoms with Crippen LogP contribution in [0.4, 0.5) is 0 Å². The van der Waals surface area contributed by atoms with Gasteiger partial charge in [-0.15, -0.1) is 12.6 Å². The fourth-order valence-electron chi connectivity index (χ4n) is 3.86. The number of fused-ring (bicyclic) bond motifs is 2. The number of carbonyl (C=O) groups excluding carboxylic acids is 1. The summed E-state index contributed by atoms with van der Waals surface area (Å²) in [5.41, 5.74) is 3.55. The Balaban J connectivity index is 1.87. The number of Topliss-reactive ketones (excluding diaryl/α,β-unsaturated/α-hetero) is 1. The number of benzene rings is 1. The molecule has 1 heterocycles. The van der Waals surface area contributed by atoms with E-state index in [1.807, 2.05) is 6.20 Å². The van der Waals surface area contributed by atoms with Crippen LogP contribution in [0.5, 0.6) is 0 Å². The van der Waals surface area contributed by atoms with E-state index in [9.17, 15) is 4.79 Å². The lowest BCUT2D eigenvalue weighted by molar-refractivity contribution is -0.126. The van der Waals surface area contributed by atoms with Gasteiger partial charge in [-0.3, -0.25) is 9.78 Å². The monoisotopic (exact) mass is 311 g/mol. The second kappa shape index (κ2) is 4.82. The fraction of sp³-hybridized carbons (Fsp3) is 0.474. The van der Waals surface area contributed by atoms with Crippen LogP contribution in [-0.2, 0) is 17.6 Å². The first kappa shape index (κ1) is 14.3. The zero-order valence-corrected chi connectivity index (χ0v) is 14.0. The molecule has 2 aliphatic carbocycles. The van der Waals surface area contributed by atoms with Crippen molar-refractivity contribution in [1.29, 1.82) is 0 Å². The molecule has 0 bridgehead atoms. The quantitative estimate of drug-likeness (QED) is 0.847. The van der Waals surface area contributed by atoms with Gasteiger partial charge >= 0.3 is 0 Å². The van der Waals surface area contributed by atoms with E-state index in [2.05, 4.69) is 24.0 Å². The zero-order valence-electron chi connectivity index (χ0n) is 13.1. The second-order valence-corrected chi connectivity index (χ2v) is 7.46. The maximum absolute atomic E-state index is 12.2. The lowest BCUT2D eigenvalue weighted by atomic mass is 9.78. The summed E-state index contributed by atoms with van der Waals surface area (Å²) in [4.78, 5) is 17.9. The minimum absolute atomic E-state index is 0.218. The first-order chi connectivity index (χ1) is 10.5. The molecule has 0 spiro atoms. The van der Waals surface area contributed by atoms with Gasteiger partial charge in [0.25, 0.3) is 0 Å². The van der Waals surface area contributed by atoms with Gasteiger partial charge in [-0.05, 0) is 67.7 Å². The summed E-state index contributed by atoms with van der Waals surface area (Å²) in [7, 11) is 0. The standard InChI is InChI=1S/C19H21NOS/c1-3-19(11(2)21)8-13-6-14-10-20-17(12-4-5-12)7-15(14)18(22)16(13)9-19/h6-7,10,12,22H,3-5,8-9H2,1-2H3. The zero-order chi connectivity index (χ0) is 15.5. The molecule has 3 heteroatoms. The maximum atomic E-state index is 12.2. The van der Waals surface area contributed by atoms with Crippen LogP contribution in [0.25, 0.3) is 10.8 Å². The molecule has 1 saturated carbocycles. The van der Waals surface area contributed by atoms with E-state index in [1.54, 1.807) is 6.92 Å². The van der Waals surface area contributed by atoms with E-state index in [-0.39, 0.29) is 5.41 Å². The number of carbonyl (C=O) groups is 1. The summed E-state index contributed by atoms with van der Waals surface area (Å²) < 4.78 is 0. The summed E-state index contributed by atoms with van der Waals surface area (Å²) in [5, 5.41) is 2.36. The lowest BCUT2D eigenvalue weighted by Crippen LogP contribution is -2.29. The Morgan fingerprint density at radius 2 is 2.14 bits per heavy atom. The number of aromatic nitrogens is 1. The molecule has 1 aromatic heterocycles. The summed E-state index contributed by atoms with van der Waals surface area (Å²) in [6, 6.07) is 4.45. The van der Waals surface area contributed by atoms with Gasteiger partial charge in [0.05, 0.1) is 0 Å². The molecule has 4 rings (SSSR count). The Hall–Kier alpha value is -1.35. The molecule has 0 amide bonds. The summed E-state index contributed by atoms with van der Waals surface area (Å²) in [6.45, 7) is 3.86. The number of hydrogen-bond donors (Lipinski definition) is 1. The van der Waals surface area contributed by atoms with Crippen molar-refractivity contribution in [2.45, 2.75) is 56.8 Å². The largest absolute Gasteiger partial charge is 0.299 e. The number of nitrogens with zero attached hydrogens (tertiary/aromatic N) is 1. The van der Waals surface area contributed by atoms with E-state index in [4.69, 9.17) is 12.6 Å². The van der Waals surface area contributed by atoms with Gasteiger partial charge in [-0.25, -0.2) is 0 Å². The third kappa shape index (κ3) is 2.02. The van der Waals surface area contributed by atoms with Crippen LogP contribution in [0.3, 0.4) is 0 Å². The van der Waals surface area contributed by atoms with Crippen molar-refractivity contribution < 1.29 is 4.79 Å². The number of rotatable bonds is 3. The molecule has 1 unspecified atom stereocenters. The van der Waals surface area contributed by atoms with Crippen LogP contribution >= 0.6 is 12.6 Å². The summed E-state index contributed by atoms with van der Waals surface area (Å²) in [5.74, 6) is 0.956. The molecule has 1 fully saturated rings. The van der Waals surface area contributed by atoms with Crippen molar-refractivity contribution in [3.63, 3.8) is 0 Å². The van der Waals surface area contributed by atoms with E-state index in [1.165, 1.54) is 35.0 Å². The second-order valence-electron chi connectivity index (χ2n) is 7.01. The van der Waals surface area contributed by atoms with E-state index < -0.39 is 0 Å². The molecule has 0 aliphatic heterocycles. The van der Waals surface area contributed by atoms with Crippen LogP contribution in [0.1, 0.15) is 55.8 Å². The minimum atomic E-state index is -0.218. The van der Waals surface area contributed by atoms with Crippen molar-refractivity contribution in [2.24, 2.45) is 5.41 Å². The molecular formula is C19H21NOS. The van der Waals surface area contributed by atoms with Crippen molar-refractivity contribution in [3.05, 3.63) is 35.2 Å². The average Bonchev–Trinajstić information content (AvgIpc) is 3.28. The van der Waals surface area contributed by atoms with Gasteiger partial charge < -0.3 is 0 Å². The van der Waals surface area contributed by atoms with Gasteiger partial charge in [0, 0.05) is 33.5 Å². The molecule has 2 aliphatic rings. The molecule has 2 nitrogen and oxygen atoms in total. The minimum Gasteiger partial charge on any atom is -0.299 e. The third-order valence-corrected chi connectivity index (χ3v) is 6.19. The van der Waals surface area contributed by atoms with E-state index in [0.29, 0.717) is 11.7 Å². The Labute approximate surface area is 136 Å². The number of hydrogen-bond acceptors (Lipinski definition) is 3. The molecule has 0 N–H and O–H groups in total. The van der Waals surface area contributed by atoms with E-state index >= 15 is 0 Å². The van der Waals surface area contributed by atoms with Crippen LogP contribution in [0, 0.1) is 5.41 Å². The van der Waals surface area contributed by atoms with Crippen molar-refractivity contribution in [1.82, 2.24) is 4.98 Å². The van der Waals surface area contributed by atoms with Gasteiger partial charge in [0.2, 0.25) is 0 Å². The predicted octanol–water partition coefficient (Wildman–Crippen LogP) is 4.48. The Morgan fingerprint density at radius 1 is 1.36 bits per heavy atom. The highest BCUT2D eigenvalue weighted by molar-refractivity contribution is 7.80. The van der Waals surface area contributed by atoms with Crippen molar-refractivity contribution in [3.8, 4) is 0 Å². The number of thiol groups is 1. The lowest BCUT2D eigenvalue weighted by Gasteiger charge is -2.23. The molecule has 1 atom stereocenters. The topological polar surface area (TPSA) is 30.0 Å². The summed E-state index contributed by atoms with van der Waals surface area (Å²) >= 11 is 4.84. The van der Waals surface area contributed by atoms with Gasteiger partial charge in [0.1, 0.15) is 5.78 Å². The molecule has 114 valence electrons. The molecule has 0 saturated heterocycles. The Kier molecular flexibility index (Phi) is 3.12. The van der Waals surface area contributed by atoms with E-state index in [0.717, 1.165) is 29.5 Å². The van der Waals surface area contributed by atoms with Gasteiger partial charge in [-0.1, -0.05) is 6.92 Å². The Bertz CT molecular complexity index is 794. The number of pyridine rings is 1. The highest BCUT2D eigenvalue weighted by Gasteiger charge is 2.41. The molecule has 22 heavy (non-hydrogen) atoms. The molecule has 1 aromatic carbocycles. The first-order valence-corrected chi connectivity index (χ1v) is 8.63. The van der Waals surface area contributed by atoms with Crippen LogP contribution < -0.4 is 0 Å². The van der Waals surface area contributed by atoms with Crippen molar-refractivity contribution in [2.75, 3.05) is 0 Å². The number of ketones is 1. The molecule has 0 radical (unpaired) electrons. The Morgan fingerprint density at radius 3 is 2.77 bits per heavy atom. The summed E-state index contributed by atoms with van der Waals surface area (Å²) in [6.07, 6.45) is 7.09. The SMILES string of the molecule is CCC1(C(C)=O)Cc2cc3cnc(C4CC4)cc3c(S)c2C1.